The molecule has 3 N–H and O–H groups in total. The molecule has 1 aromatic rings. The van der Waals surface area contributed by atoms with Gasteiger partial charge in [-0.25, -0.2) is 0 Å². The van der Waals surface area contributed by atoms with Crippen LogP contribution >= 0.6 is 0 Å². The van der Waals surface area contributed by atoms with E-state index in [-0.39, 0.29) is 5.91 Å². The van der Waals surface area contributed by atoms with Crippen molar-refractivity contribution in [3.8, 4) is 0 Å². The Labute approximate surface area is 103 Å². The minimum absolute atomic E-state index is 0.209. The number of carbonyl (C=O) groups is 1. The van der Waals surface area contributed by atoms with E-state index >= 15 is 0 Å². The molecule has 0 aliphatic heterocycles. The van der Waals surface area contributed by atoms with Crippen LogP contribution in [0.5, 0.6) is 0 Å². The second kappa shape index (κ2) is 7.07. The first-order valence-corrected chi connectivity index (χ1v) is 6.14. The van der Waals surface area contributed by atoms with Gasteiger partial charge in [0.05, 0.1) is 0 Å². The van der Waals surface area contributed by atoms with Crippen LogP contribution in [0, 0.1) is 13.8 Å². The van der Waals surface area contributed by atoms with Crippen LogP contribution in [0.3, 0.4) is 0 Å². The van der Waals surface area contributed by atoms with Crippen molar-refractivity contribution in [3.63, 3.8) is 0 Å². The third kappa shape index (κ3) is 6.07. The number of primary amides is 1. The van der Waals surface area contributed by atoms with Gasteiger partial charge in [-0.3, -0.25) is 4.79 Å². The summed E-state index contributed by atoms with van der Waals surface area (Å²) in [4.78, 5) is 10.5. The molecule has 0 radical (unpaired) electrons. The summed E-state index contributed by atoms with van der Waals surface area (Å²) in [5.41, 5.74) is 8.99. The Hall–Kier alpha value is -1.35. The lowest BCUT2D eigenvalue weighted by Gasteiger charge is -2.07. The fourth-order valence-electron chi connectivity index (χ4n) is 1.95. The van der Waals surface area contributed by atoms with Gasteiger partial charge >= 0.3 is 0 Å². The fourth-order valence-corrected chi connectivity index (χ4v) is 1.95. The number of amides is 1. The van der Waals surface area contributed by atoms with Crippen molar-refractivity contribution < 1.29 is 4.79 Å². The van der Waals surface area contributed by atoms with Crippen molar-refractivity contribution >= 4 is 5.91 Å². The Balaban J connectivity index is 2.20. The van der Waals surface area contributed by atoms with Crippen LogP contribution in [-0.4, -0.2) is 12.5 Å². The quantitative estimate of drug-likeness (QED) is 0.709. The van der Waals surface area contributed by atoms with Crippen LogP contribution in [0.15, 0.2) is 18.2 Å². The molecule has 0 spiro atoms. The number of hydrogen-bond donors (Lipinski definition) is 2. The van der Waals surface area contributed by atoms with Gasteiger partial charge in [0.15, 0.2) is 0 Å². The normalized spacial score (nSPS) is 10.5. The Bertz CT molecular complexity index is 354. The van der Waals surface area contributed by atoms with Gasteiger partial charge in [0.25, 0.3) is 0 Å². The molecule has 0 heterocycles. The number of rotatable bonds is 7. The number of hydrogen-bond acceptors (Lipinski definition) is 2. The molecule has 0 saturated heterocycles. The standard InChI is InChI=1S/C14H22N2O/c1-11-7-12(2)9-13(8-11)10-16-6-4-3-5-14(15)17/h7-9,16H,3-6,10H2,1-2H3,(H2,15,17). The average molecular weight is 234 g/mol. The molecule has 0 bridgehead atoms. The van der Waals surface area contributed by atoms with Crippen LogP contribution < -0.4 is 11.1 Å². The third-order valence-corrected chi connectivity index (χ3v) is 2.64. The van der Waals surface area contributed by atoms with Gasteiger partial charge in [-0.15, -0.1) is 0 Å². The zero-order valence-electron chi connectivity index (χ0n) is 10.8. The average Bonchev–Trinajstić information content (AvgIpc) is 2.21. The molecule has 0 aromatic heterocycles. The molecule has 3 nitrogen and oxygen atoms in total. The van der Waals surface area contributed by atoms with Gasteiger partial charge in [0, 0.05) is 13.0 Å². The number of benzene rings is 1. The van der Waals surface area contributed by atoms with Crippen molar-refractivity contribution in [1.29, 1.82) is 0 Å². The second-order valence-corrected chi connectivity index (χ2v) is 4.60. The molecule has 1 aromatic carbocycles. The number of aryl methyl sites for hydroxylation is 2. The van der Waals surface area contributed by atoms with E-state index in [0.29, 0.717) is 6.42 Å². The molecular weight excluding hydrogens is 212 g/mol. The van der Waals surface area contributed by atoms with E-state index in [1.54, 1.807) is 0 Å². The highest BCUT2D eigenvalue weighted by molar-refractivity contribution is 5.73. The molecule has 0 unspecified atom stereocenters. The van der Waals surface area contributed by atoms with Gasteiger partial charge in [-0.2, -0.15) is 0 Å². The highest BCUT2D eigenvalue weighted by Crippen LogP contribution is 2.08. The molecule has 0 fully saturated rings. The molecule has 0 aliphatic rings. The summed E-state index contributed by atoms with van der Waals surface area (Å²) in [6.45, 7) is 6.05. The second-order valence-electron chi connectivity index (χ2n) is 4.60. The van der Waals surface area contributed by atoms with Crippen LogP contribution in [-0.2, 0) is 11.3 Å². The van der Waals surface area contributed by atoms with Gasteiger partial charge in [0.2, 0.25) is 5.91 Å². The Morgan fingerprint density at radius 1 is 1.18 bits per heavy atom. The predicted octanol–water partition coefficient (Wildman–Crippen LogP) is 2.05. The predicted molar refractivity (Wildman–Crippen MR) is 70.7 cm³/mol. The number of nitrogens with two attached hydrogens (primary N) is 1. The minimum Gasteiger partial charge on any atom is -0.370 e. The van der Waals surface area contributed by atoms with E-state index in [1.807, 2.05) is 0 Å². The van der Waals surface area contributed by atoms with Crippen molar-refractivity contribution in [3.05, 3.63) is 34.9 Å². The number of unbranched alkanes of at least 4 members (excludes halogenated alkanes) is 1. The molecule has 1 rings (SSSR count). The van der Waals surface area contributed by atoms with Gasteiger partial charge in [-0.1, -0.05) is 29.3 Å². The maximum absolute atomic E-state index is 10.5. The van der Waals surface area contributed by atoms with E-state index in [0.717, 1.165) is 25.9 Å². The summed E-state index contributed by atoms with van der Waals surface area (Å²) in [5.74, 6) is -0.209. The largest absolute Gasteiger partial charge is 0.370 e. The topological polar surface area (TPSA) is 55.1 Å². The zero-order chi connectivity index (χ0) is 12.7. The highest BCUT2D eigenvalue weighted by Gasteiger charge is 1.97. The molecule has 1 amide bonds. The molecule has 94 valence electrons. The summed E-state index contributed by atoms with van der Waals surface area (Å²) < 4.78 is 0. The molecule has 3 heteroatoms. The highest BCUT2D eigenvalue weighted by atomic mass is 16.1. The van der Waals surface area contributed by atoms with E-state index in [1.165, 1.54) is 16.7 Å². The van der Waals surface area contributed by atoms with E-state index in [9.17, 15) is 4.79 Å². The Kier molecular flexibility index (Phi) is 5.70. The van der Waals surface area contributed by atoms with Crippen molar-refractivity contribution in [2.75, 3.05) is 6.54 Å². The van der Waals surface area contributed by atoms with Crippen LogP contribution in [0.2, 0.25) is 0 Å². The fraction of sp³-hybridized carbons (Fsp3) is 0.500. The molecule has 0 atom stereocenters. The SMILES string of the molecule is Cc1cc(C)cc(CNCCCCC(N)=O)c1. The first-order valence-electron chi connectivity index (χ1n) is 6.14. The van der Waals surface area contributed by atoms with Gasteiger partial charge in [-0.05, 0) is 38.8 Å². The molecule has 17 heavy (non-hydrogen) atoms. The molecule has 0 saturated carbocycles. The zero-order valence-corrected chi connectivity index (χ0v) is 10.8. The Morgan fingerprint density at radius 2 is 1.82 bits per heavy atom. The smallest absolute Gasteiger partial charge is 0.217 e. The maximum atomic E-state index is 10.5. The Morgan fingerprint density at radius 3 is 2.41 bits per heavy atom. The van der Waals surface area contributed by atoms with Crippen LogP contribution in [0.4, 0.5) is 0 Å². The minimum atomic E-state index is -0.209. The first kappa shape index (κ1) is 13.7. The maximum Gasteiger partial charge on any atom is 0.217 e. The van der Waals surface area contributed by atoms with Gasteiger partial charge < -0.3 is 11.1 Å². The number of carbonyl (C=O) groups excluding carboxylic acids is 1. The molecular formula is C14H22N2O. The summed E-state index contributed by atoms with van der Waals surface area (Å²) in [5, 5.41) is 3.38. The lowest BCUT2D eigenvalue weighted by atomic mass is 10.1. The summed E-state index contributed by atoms with van der Waals surface area (Å²) in [7, 11) is 0. The van der Waals surface area contributed by atoms with Crippen LogP contribution in [0.1, 0.15) is 36.0 Å². The summed E-state index contributed by atoms with van der Waals surface area (Å²) >= 11 is 0. The summed E-state index contributed by atoms with van der Waals surface area (Å²) in [6.07, 6.45) is 2.36. The lowest BCUT2D eigenvalue weighted by Crippen LogP contribution is -2.16. The van der Waals surface area contributed by atoms with Gasteiger partial charge in [0.1, 0.15) is 0 Å². The van der Waals surface area contributed by atoms with E-state index < -0.39 is 0 Å². The van der Waals surface area contributed by atoms with E-state index in [4.69, 9.17) is 5.73 Å². The van der Waals surface area contributed by atoms with Crippen molar-refractivity contribution in [2.24, 2.45) is 5.73 Å². The van der Waals surface area contributed by atoms with E-state index in [2.05, 4.69) is 37.4 Å². The van der Waals surface area contributed by atoms with Crippen molar-refractivity contribution in [1.82, 2.24) is 5.32 Å². The van der Waals surface area contributed by atoms with Crippen molar-refractivity contribution in [2.45, 2.75) is 39.7 Å². The summed E-state index contributed by atoms with van der Waals surface area (Å²) in [6, 6.07) is 6.57. The molecule has 0 aliphatic carbocycles. The first-order chi connectivity index (χ1) is 8.08. The number of nitrogens with one attached hydrogen (secondary N) is 1. The third-order valence-electron chi connectivity index (χ3n) is 2.64. The monoisotopic (exact) mass is 234 g/mol. The lowest BCUT2D eigenvalue weighted by molar-refractivity contribution is -0.118. The van der Waals surface area contributed by atoms with Crippen LogP contribution in [0.25, 0.3) is 0 Å².